The van der Waals surface area contributed by atoms with Crippen LogP contribution in [-0.2, 0) is 0 Å². The second kappa shape index (κ2) is 4.94. The lowest BCUT2D eigenvalue weighted by atomic mass is 10.4. The molecule has 0 spiro atoms. The van der Waals surface area contributed by atoms with Crippen LogP contribution in [-0.4, -0.2) is 14.2 Å². The predicted octanol–water partition coefficient (Wildman–Crippen LogP) is 2.28. The van der Waals surface area contributed by atoms with Gasteiger partial charge in [-0.25, -0.2) is 0 Å². The maximum absolute atomic E-state index is 5.60. The van der Waals surface area contributed by atoms with Gasteiger partial charge in [-0.15, -0.1) is 11.6 Å². The van der Waals surface area contributed by atoms with E-state index in [1.54, 1.807) is 0 Å². The topological polar surface area (TPSA) is 0 Å². The minimum atomic E-state index is 0.297. The Kier molecular flexibility index (Phi) is 5.51. The molecule has 2 radical (unpaired) electrons. The fourth-order valence-electron chi connectivity index (χ4n) is 0.253. The average molecular weight is 155 g/mol. The van der Waals surface area contributed by atoms with E-state index in [1.165, 1.54) is 0 Å². The van der Waals surface area contributed by atoms with Gasteiger partial charge in [0.25, 0.3) is 0 Å². The van der Waals surface area contributed by atoms with Crippen molar-refractivity contribution in [3.8, 4) is 0 Å². The zero-order valence-corrected chi connectivity index (χ0v) is 6.76. The maximum Gasteiger partial charge on any atom is 0.171 e. The molecule has 1 atom stereocenters. The van der Waals surface area contributed by atoms with Crippen LogP contribution in [0.4, 0.5) is 0 Å². The Morgan fingerprint density at radius 1 is 1.71 bits per heavy atom. The quantitative estimate of drug-likeness (QED) is 0.333. The van der Waals surface area contributed by atoms with Gasteiger partial charge in [0.15, 0.2) is 8.83 Å². The smallest absolute Gasteiger partial charge is 0.171 e. The normalized spacial score (nSPS) is 14.1. The van der Waals surface area contributed by atoms with Crippen molar-refractivity contribution in [2.45, 2.75) is 24.8 Å². The molecule has 0 saturated carbocycles. The van der Waals surface area contributed by atoms with E-state index in [-0.39, 0.29) is 0 Å². The first-order valence-electron chi connectivity index (χ1n) is 2.25. The summed E-state index contributed by atoms with van der Waals surface area (Å²) >= 11 is 11.0. The molecule has 0 fully saturated rings. The van der Waals surface area contributed by atoms with Crippen molar-refractivity contribution >= 4 is 31.5 Å². The third kappa shape index (κ3) is 6.80. The van der Waals surface area contributed by atoms with Gasteiger partial charge in [0, 0.05) is 5.38 Å². The second-order valence-corrected chi connectivity index (χ2v) is 3.77. The summed E-state index contributed by atoms with van der Waals surface area (Å²) in [6.45, 7) is 1.98. The number of hydrogen-bond acceptors (Lipinski definition) is 0. The Balaban J connectivity index is 2.68. The first-order valence-corrected chi connectivity index (χ1v) is 4.90. The van der Waals surface area contributed by atoms with Crippen molar-refractivity contribution in [2.24, 2.45) is 0 Å². The van der Waals surface area contributed by atoms with Crippen LogP contribution in [0.1, 0.15) is 13.3 Å². The molecule has 0 heterocycles. The fraction of sp³-hybridized carbons (Fsp3) is 1.00. The van der Waals surface area contributed by atoms with E-state index < -0.39 is 0 Å². The van der Waals surface area contributed by atoms with Crippen molar-refractivity contribution in [1.82, 2.24) is 0 Å². The molecule has 1 unspecified atom stereocenters. The van der Waals surface area contributed by atoms with Crippen LogP contribution in [0.25, 0.3) is 0 Å². The summed E-state index contributed by atoms with van der Waals surface area (Å²) in [6.07, 6.45) is 1.05. The van der Waals surface area contributed by atoms with Crippen LogP contribution in [0, 0.1) is 0 Å². The van der Waals surface area contributed by atoms with E-state index in [2.05, 4.69) is 0 Å². The Labute approximate surface area is 56.7 Å². The van der Waals surface area contributed by atoms with E-state index in [0.29, 0.717) is 14.2 Å². The minimum Gasteiger partial charge on any atom is -0.171 e. The first-order chi connectivity index (χ1) is 3.27. The highest BCUT2D eigenvalue weighted by molar-refractivity contribution is 6.93. The van der Waals surface area contributed by atoms with Gasteiger partial charge >= 0.3 is 0 Å². The van der Waals surface area contributed by atoms with Gasteiger partial charge in [-0.3, -0.25) is 0 Å². The monoisotopic (exact) mass is 154 g/mol. The summed E-state index contributed by atoms with van der Waals surface area (Å²) in [5.74, 6) is 0. The van der Waals surface area contributed by atoms with E-state index >= 15 is 0 Å². The van der Waals surface area contributed by atoms with E-state index in [9.17, 15) is 0 Å². The Morgan fingerprint density at radius 2 is 2.29 bits per heavy atom. The van der Waals surface area contributed by atoms with E-state index in [4.69, 9.17) is 22.7 Å². The summed E-state index contributed by atoms with van der Waals surface area (Å²) in [7, 11) is 0.538. The average Bonchev–Trinajstić information content (AvgIpc) is 1.61. The fourth-order valence-corrected chi connectivity index (χ4v) is 1.41. The van der Waals surface area contributed by atoms with Crippen molar-refractivity contribution < 1.29 is 0 Å². The van der Waals surface area contributed by atoms with Crippen LogP contribution in [0.2, 0.25) is 6.04 Å². The third-order valence-corrected chi connectivity index (χ3v) is 1.90. The molecule has 0 aliphatic rings. The van der Waals surface area contributed by atoms with Crippen LogP contribution >= 0.6 is 22.7 Å². The minimum absolute atomic E-state index is 0.297. The maximum atomic E-state index is 5.60. The molecule has 7 heavy (non-hydrogen) atoms. The van der Waals surface area contributed by atoms with E-state index in [1.807, 2.05) is 6.92 Å². The highest BCUT2D eigenvalue weighted by atomic mass is 35.6. The summed E-state index contributed by atoms with van der Waals surface area (Å²) in [5, 5.41) is 0.297. The summed E-state index contributed by atoms with van der Waals surface area (Å²) < 4.78 is 0. The lowest BCUT2D eigenvalue weighted by Gasteiger charge is -1.94. The lowest BCUT2D eigenvalue weighted by molar-refractivity contribution is 0.892. The molecule has 0 aromatic rings. The molecule has 0 N–H and O–H groups in total. The first kappa shape index (κ1) is 7.80. The van der Waals surface area contributed by atoms with Crippen LogP contribution in [0.15, 0.2) is 0 Å². The molecular formula is C4H8Cl2Si. The van der Waals surface area contributed by atoms with Crippen molar-refractivity contribution in [2.75, 3.05) is 0 Å². The highest BCUT2D eigenvalue weighted by Gasteiger charge is 1.93. The van der Waals surface area contributed by atoms with E-state index in [0.717, 1.165) is 12.5 Å². The molecule has 0 aliphatic heterocycles. The van der Waals surface area contributed by atoms with Gasteiger partial charge < -0.3 is 0 Å². The number of halogens is 2. The predicted molar refractivity (Wildman–Crippen MR) is 36.3 cm³/mol. The van der Waals surface area contributed by atoms with Gasteiger partial charge in [-0.1, -0.05) is 0 Å². The molecule has 0 rings (SSSR count). The van der Waals surface area contributed by atoms with Gasteiger partial charge in [0.05, 0.1) is 0 Å². The van der Waals surface area contributed by atoms with Crippen molar-refractivity contribution in [1.29, 1.82) is 0 Å². The summed E-state index contributed by atoms with van der Waals surface area (Å²) in [5.41, 5.74) is 0. The Bertz CT molecular complexity index is 38.7. The number of hydrogen-bond donors (Lipinski definition) is 0. The van der Waals surface area contributed by atoms with Crippen LogP contribution in [0.3, 0.4) is 0 Å². The molecule has 0 bridgehead atoms. The van der Waals surface area contributed by atoms with Crippen LogP contribution in [0.5, 0.6) is 0 Å². The summed E-state index contributed by atoms with van der Waals surface area (Å²) in [6, 6.07) is 1.06. The molecule has 42 valence electrons. The molecule has 0 aromatic carbocycles. The Hall–Kier alpha value is 0.797. The third-order valence-electron chi connectivity index (χ3n) is 0.637. The molecule has 0 nitrogen and oxygen atoms in total. The number of alkyl halides is 1. The van der Waals surface area contributed by atoms with Crippen molar-refractivity contribution in [3.63, 3.8) is 0 Å². The van der Waals surface area contributed by atoms with Crippen molar-refractivity contribution in [3.05, 3.63) is 0 Å². The molecule has 0 amide bonds. The van der Waals surface area contributed by atoms with Crippen LogP contribution < -0.4 is 0 Å². The molecule has 3 heteroatoms. The van der Waals surface area contributed by atoms with Gasteiger partial charge in [-0.2, -0.15) is 11.1 Å². The molecule has 0 aliphatic carbocycles. The lowest BCUT2D eigenvalue weighted by Crippen LogP contribution is -1.90. The largest absolute Gasteiger partial charge is 0.171 e. The standard InChI is InChI=1S/C4H8Cl2Si/c1-4(5)2-3-7-6/h4H,2-3H2,1H3. The zero-order valence-electron chi connectivity index (χ0n) is 4.25. The number of rotatable bonds is 3. The van der Waals surface area contributed by atoms with Gasteiger partial charge in [-0.05, 0) is 19.4 Å². The molecule has 0 saturated heterocycles. The highest BCUT2D eigenvalue weighted by Crippen LogP contribution is 2.03. The molecule has 0 aromatic heterocycles. The van der Waals surface area contributed by atoms with Gasteiger partial charge in [0.1, 0.15) is 0 Å². The molecular weight excluding hydrogens is 147 g/mol. The SMILES string of the molecule is CC(Cl)CC[Si]Cl. The zero-order chi connectivity index (χ0) is 5.70. The Morgan fingerprint density at radius 3 is 2.43 bits per heavy atom. The second-order valence-electron chi connectivity index (χ2n) is 1.45. The van der Waals surface area contributed by atoms with Gasteiger partial charge in [0.2, 0.25) is 0 Å². The summed E-state index contributed by atoms with van der Waals surface area (Å²) in [4.78, 5) is 0.